The van der Waals surface area contributed by atoms with Crippen LogP contribution in [0.15, 0.2) is 30.3 Å². The van der Waals surface area contributed by atoms with E-state index in [1.54, 1.807) is 0 Å². The molecular weight excluding hydrogens is 308 g/mol. The van der Waals surface area contributed by atoms with Gasteiger partial charge in [-0.15, -0.1) is 0 Å². The topological polar surface area (TPSA) is 23.6 Å². The molecule has 4 rings (SSSR count). The Morgan fingerprint density at radius 2 is 1.76 bits per heavy atom. The van der Waals surface area contributed by atoms with Crippen molar-refractivity contribution in [2.45, 2.75) is 56.9 Å². The van der Waals surface area contributed by atoms with Crippen LogP contribution in [0.1, 0.15) is 56.9 Å². The van der Waals surface area contributed by atoms with Gasteiger partial charge in [0.2, 0.25) is 5.91 Å². The summed E-state index contributed by atoms with van der Waals surface area (Å²) < 4.78 is 0. The third kappa shape index (κ3) is 3.23. The van der Waals surface area contributed by atoms with E-state index in [-0.39, 0.29) is 11.0 Å². The van der Waals surface area contributed by atoms with Gasteiger partial charge in [-0.3, -0.25) is 9.69 Å². The summed E-state index contributed by atoms with van der Waals surface area (Å²) in [6, 6.07) is 11.0. The lowest BCUT2D eigenvalue weighted by Gasteiger charge is -2.48. The maximum absolute atomic E-state index is 12.6. The van der Waals surface area contributed by atoms with Gasteiger partial charge in [0.15, 0.2) is 0 Å². The molecular formula is C22H32N2O. The van der Waals surface area contributed by atoms with E-state index in [4.69, 9.17) is 0 Å². The van der Waals surface area contributed by atoms with Crippen molar-refractivity contribution in [3.63, 3.8) is 0 Å². The number of amides is 1. The summed E-state index contributed by atoms with van der Waals surface area (Å²) in [7, 11) is 4.43. The van der Waals surface area contributed by atoms with E-state index in [2.05, 4.69) is 54.2 Å². The van der Waals surface area contributed by atoms with Crippen molar-refractivity contribution in [2.75, 3.05) is 27.2 Å². The maximum atomic E-state index is 12.6. The molecule has 2 saturated carbocycles. The molecule has 1 aromatic rings. The van der Waals surface area contributed by atoms with Gasteiger partial charge in [-0.25, -0.2) is 0 Å². The average Bonchev–Trinajstić information content (AvgIpc) is 3.39. The van der Waals surface area contributed by atoms with Crippen molar-refractivity contribution < 1.29 is 4.79 Å². The molecule has 2 aliphatic carbocycles. The Balaban J connectivity index is 1.45. The van der Waals surface area contributed by atoms with Gasteiger partial charge in [0.05, 0.1) is 0 Å². The van der Waals surface area contributed by atoms with Crippen LogP contribution in [0.2, 0.25) is 0 Å². The molecule has 1 aromatic carbocycles. The summed E-state index contributed by atoms with van der Waals surface area (Å²) in [6.45, 7) is 2.01. The highest BCUT2D eigenvalue weighted by molar-refractivity contribution is 5.79. The third-order valence-corrected chi connectivity index (χ3v) is 7.21. The first kappa shape index (κ1) is 17.1. The number of carbonyl (C=O) groups excluding carboxylic acids is 1. The molecule has 1 saturated heterocycles. The molecule has 1 spiro atoms. The van der Waals surface area contributed by atoms with Crippen LogP contribution in [-0.2, 0) is 10.3 Å². The lowest BCUT2D eigenvalue weighted by molar-refractivity contribution is -0.128. The van der Waals surface area contributed by atoms with Crippen LogP contribution in [-0.4, -0.2) is 42.9 Å². The minimum Gasteiger partial charge on any atom is -0.342 e. The zero-order chi connectivity index (χ0) is 17.5. The highest BCUT2D eigenvalue weighted by Gasteiger charge is 2.50. The van der Waals surface area contributed by atoms with Gasteiger partial charge >= 0.3 is 0 Å². The largest absolute Gasteiger partial charge is 0.342 e. The summed E-state index contributed by atoms with van der Waals surface area (Å²) in [5.74, 6) is 1.33. The van der Waals surface area contributed by atoms with Crippen molar-refractivity contribution in [2.24, 2.45) is 11.3 Å². The lowest BCUT2D eigenvalue weighted by atomic mass is 9.64. The van der Waals surface area contributed by atoms with Gasteiger partial charge in [0.1, 0.15) is 0 Å². The predicted octanol–water partition coefficient (Wildman–Crippen LogP) is 4.04. The van der Waals surface area contributed by atoms with Crippen molar-refractivity contribution in [3.8, 4) is 0 Å². The molecule has 3 heteroatoms. The Labute approximate surface area is 152 Å². The van der Waals surface area contributed by atoms with Crippen LogP contribution < -0.4 is 0 Å². The van der Waals surface area contributed by atoms with E-state index in [0.29, 0.717) is 5.91 Å². The van der Waals surface area contributed by atoms with E-state index < -0.39 is 0 Å². The molecule has 1 aliphatic heterocycles. The molecule has 136 valence electrons. The molecule has 25 heavy (non-hydrogen) atoms. The van der Waals surface area contributed by atoms with Crippen LogP contribution in [0.4, 0.5) is 0 Å². The van der Waals surface area contributed by atoms with E-state index >= 15 is 0 Å². The monoisotopic (exact) mass is 340 g/mol. The fraction of sp³-hybridized carbons (Fsp3) is 0.682. The number of rotatable bonds is 5. The number of hydrogen-bond acceptors (Lipinski definition) is 2. The highest BCUT2D eigenvalue weighted by atomic mass is 16.2. The Kier molecular flexibility index (Phi) is 4.39. The van der Waals surface area contributed by atoms with Gasteiger partial charge in [-0.1, -0.05) is 43.2 Å². The highest BCUT2D eigenvalue weighted by Crippen LogP contribution is 2.52. The standard InChI is InChI=1S/C22H32N2O/c1-23(2)22(19-6-4-3-5-7-19)13-11-21(12-14-22)16-20(25)24(17-21)15-10-18-8-9-18/h3-7,18H,8-17H2,1-2H3. The predicted molar refractivity (Wildman–Crippen MR) is 101 cm³/mol. The minimum absolute atomic E-state index is 0.136. The second kappa shape index (κ2) is 6.42. The quantitative estimate of drug-likeness (QED) is 0.808. The third-order valence-electron chi connectivity index (χ3n) is 7.21. The van der Waals surface area contributed by atoms with Crippen molar-refractivity contribution in [3.05, 3.63) is 35.9 Å². The molecule has 1 amide bonds. The summed E-state index contributed by atoms with van der Waals surface area (Å²) >= 11 is 0. The molecule has 0 radical (unpaired) electrons. The Bertz CT molecular complexity index is 612. The smallest absolute Gasteiger partial charge is 0.223 e. The molecule has 3 nitrogen and oxygen atoms in total. The lowest BCUT2D eigenvalue weighted by Crippen LogP contribution is -2.47. The molecule has 1 heterocycles. The second-order valence-electron chi connectivity index (χ2n) is 9.02. The summed E-state index contributed by atoms with van der Waals surface area (Å²) in [5.41, 5.74) is 1.82. The van der Waals surface area contributed by atoms with Gasteiger partial charge in [0.25, 0.3) is 0 Å². The zero-order valence-corrected chi connectivity index (χ0v) is 15.8. The van der Waals surface area contributed by atoms with E-state index in [1.165, 1.54) is 37.7 Å². The van der Waals surface area contributed by atoms with Gasteiger partial charge in [0, 0.05) is 25.0 Å². The zero-order valence-electron chi connectivity index (χ0n) is 15.8. The van der Waals surface area contributed by atoms with Crippen molar-refractivity contribution >= 4 is 5.91 Å². The summed E-state index contributed by atoms with van der Waals surface area (Å²) in [4.78, 5) is 17.2. The van der Waals surface area contributed by atoms with Crippen LogP contribution in [0.25, 0.3) is 0 Å². The van der Waals surface area contributed by atoms with E-state index in [0.717, 1.165) is 38.3 Å². The minimum atomic E-state index is 0.136. The first-order valence-electron chi connectivity index (χ1n) is 10.0. The molecule has 3 fully saturated rings. The SMILES string of the molecule is CN(C)C1(c2ccccc2)CCC2(CC1)CC(=O)N(CCC1CC1)C2. The first-order valence-corrected chi connectivity index (χ1v) is 10.0. The maximum Gasteiger partial charge on any atom is 0.223 e. The average molecular weight is 341 g/mol. The van der Waals surface area contributed by atoms with Gasteiger partial charge in [-0.05, 0) is 63.1 Å². The number of nitrogens with zero attached hydrogens (tertiary/aromatic N) is 2. The molecule has 0 bridgehead atoms. The molecule has 0 N–H and O–H groups in total. The number of carbonyl (C=O) groups is 1. The Morgan fingerprint density at radius 3 is 2.36 bits per heavy atom. The van der Waals surface area contributed by atoms with Gasteiger partial charge < -0.3 is 4.90 Å². The van der Waals surface area contributed by atoms with Crippen molar-refractivity contribution in [1.82, 2.24) is 9.80 Å². The molecule has 3 aliphatic rings. The fourth-order valence-corrected chi connectivity index (χ4v) is 5.20. The number of likely N-dealkylation sites (tertiary alicyclic amines) is 1. The second-order valence-corrected chi connectivity index (χ2v) is 9.02. The van der Waals surface area contributed by atoms with Crippen LogP contribution in [0.5, 0.6) is 0 Å². The first-order chi connectivity index (χ1) is 12.0. The normalized spacial score (nSPS) is 32.8. The Morgan fingerprint density at radius 1 is 1.08 bits per heavy atom. The van der Waals surface area contributed by atoms with Crippen molar-refractivity contribution in [1.29, 1.82) is 0 Å². The molecule has 0 aromatic heterocycles. The molecule has 0 atom stereocenters. The molecule has 0 unspecified atom stereocenters. The fourth-order valence-electron chi connectivity index (χ4n) is 5.20. The number of benzene rings is 1. The van der Waals surface area contributed by atoms with Crippen LogP contribution in [0, 0.1) is 11.3 Å². The van der Waals surface area contributed by atoms with E-state index in [9.17, 15) is 4.79 Å². The summed E-state index contributed by atoms with van der Waals surface area (Å²) in [5, 5.41) is 0. The van der Waals surface area contributed by atoms with Gasteiger partial charge in [-0.2, -0.15) is 0 Å². The van der Waals surface area contributed by atoms with Crippen LogP contribution >= 0.6 is 0 Å². The number of hydrogen-bond donors (Lipinski definition) is 0. The Hall–Kier alpha value is -1.35. The van der Waals surface area contributed by atoms with E-state index in [1.807, 2.05) is 0 Å². The summed E-state index contributed by atoms with van der Waals surface area (Å²) in [6.07, 6.45) is 9.45. The van der Waals surface area contributed by atoms with Crippen LogP contribution in [0.3, 0.4) is 0 Å².